The molecular formula is C21H19F6NO3. The van der Waals surface area contributed by atoms with Crippen molar-refractivity contribution in [3.8, 4) is 11.1 Å². The van der Waals surface area contributed by atoms with Crippen molar-refractivity contribution in [2.45, 2.75) is 39.2 Å². The van der Waals surface area contributed by atoms with E-state index in [0.29, 0.717) is 6.07 Å². The molecule has 0 atom stereocenters. The number of carboxylic acid groups (broad SMARTS) is 1. The van der Waals surface area contributed by atoms with E-state index in [1.54, 1.807) is 6.92 Å². The Bertz CT molecular complexity index is 965. The largest absolute Gasteiger partial charge is 0.481 e. The predicted molar refractivity (Wildman–Crippen MR) is 100.0 cm³/mol. The first-order chi connectivity index (χ1) is 14.2. The third-order valence-electron chi connectivity index (χ3n) is 4.71. The summed E-state index contributed by atoms with van der Waals surface area (Å²) in [7, 11) is 0. The quantitative estimate of drug-likeness (QED) is 0.605. The van der Waals surface area contributed by atoms with Gasteiger partial charge in [-0.2, -0.15) is 26.3 Å². The maximum atomic E-state index is 13.4. The first-order valence-electron chi connectivity index (χ1n) is 9.12. The minimum atomic E-state index is -4.81. The summed E-state index contributed by atoms with van der Waals surface area (Å²) in [6.07, 6.45) is -10.2. The zero-order valence-corrected chi connectivity index (χ0v) is 16.6. The van der Waals surface area contributed by atoms with Crippen LogP contribution in [0.2, 0.25) is 0 Å². The Balaban J connectivity index is 2.77. The van der Waals surface area contributed by atoms with Gasteiger partial charge in [-0.05, 0) is 53.4 Å². The topological polar surface area (TPSA) is 57.6 Å². The Labute approximate surface area is 174 Å². The SMILES string of the molecule is CCN(Cc1c(CC(=O)O)cc(C(F)(F)F)cc1-c1ccc(C(F)(F)F)cc1)C(C)=O. The van der Waals surface area contributed by atoms with Crippen molar-refractivity contribution in [1.82, 2.24) is 4.90 Å². The van der Waals surface area contributed by atoms with Crippen molar-refractivity contribution in [1.29, 1.82) is 0 Å². The van der Waals surface area contributed by atoms with Crippen LogP contribution in [0, 0.1) is 0 Å². The molecule has 1 amide bonds. The summed E-state index contributed by atoms with van der Waals surface area (Å²) in [6, 6.07) is 4.98. The van der Waals surface area contributed by atoms with Crippen LogP contribution in [-0.4, -0.2) is 28.4 Å². The van der Waals surface area contributed by atoms with Crippen LogP contribution in [-0.2, 0) is 34.9 Å². The van der Waals surface area contributed by atoms with Crippen molar-refractivity contribution >= 4 is 11.9 Å². The van der Waals surface area contributed by atoms with Gasteiger partial charge in [0.15, 0.2) is 0 Å². The number of carboxylic acids is 1. The summed E-state index contributed by atoms with van der Waals surface area (Å²) >= 11 is 0. The van der Waals surface area contributed by atoms with E-state index in [4.69, 9.17) is 0 Å². The molecular weight excluding hydrogens is 428 g/mol. The molecule has 4 nitrogen and oxygen atoms in total. The van der Waals surface area contributed by atoms with Gasteiger partial charge in [-0.3, -0.25) is 9.59 Å². The first-order valence-corrected chi connectivity index (χ1v) is 9.12. The number of aliphatic carboxylic acids is 1. The Morgan fingerprint density at radius 3 is 1.90 bits per heavy atom. The van der Waals surface area contributed by atoms with Crippen LogP contribution in [0.4, 0.5) is 26.3 Å². The second-order valence-corrected chi connectivity index (χ2v) is 6.84. The molecule has 2 rings (SSSR count). The molecule has 2 aromatic carbocycles. The molecule has 0 aromatic heterocycles. The highest BCUT2D eigenvalue weighted by Gasteiger charge is 2.33. The van der Waals surface area contributed by atoms with E-state index in [9.17, 15) is 41.0 Å². The summed E-state index contributed by atoms with van der Waals surface area (Å²) in [5.41, 5.74) is -2.19. The lowest BCUT2D eigenvalue weighted by Crippen LogP contribution is -2.29. The molecule has 0 aliphatic carbocycles. The van der Waals surface area contributed by atoms with E-state index in [2.05, 4.69) is 0 Å². The van der Waals surface area contributed by atoms with Gasteiger partial charge in [0.25, 0.3) is 0 Å². The number of carbonyl (C=O) groups is 2. The van der Waals surface area contributed by atoms with Crippen molar-refractivity contribution in [2.75, 3.05) is 6.54 Å². The van der Waals surface area contributed by atoms with Crippen molar-refractivity contribution in [3.63, 3.8) is 0 Å². The van der Waals surface area contributed by atoms with E-state index in [0.717, 1.165) is 30.3 Å². The van der Waals surface area contributed by atoms with Crippen LogP contribution >= 0.6 is 0 Å². The normalized spacial score (nSPS) is 12.0. The Morgan fingerprint density at radius 1 is 0.935 bits per heavy atom. The maximum absolute atomic E-state index is 13.4. The second kappa shape index (κ2) is 8.99. The van der Waals surface area contributed by atoms with Gasteiger partial charge < -0.3 is 10.0 Å². The van der Waals surface area contributed by atoms with E-state index in [1.807, 2.05) is 0 Å². The first kappa shape index (κ1) is 24.2. The third kappa shape index (κ3) is 5.99. The van der Waals surface area contributed by atoms with Gasteiger partial charge in [0, 0.05) is 20.0 Å². The van der Waals surface area contributed by atoms with E-state index in [1.165, 1.54) is 11.8 Å². The van der Waals surface area contributed by atoms with Crippen LogP contribution in [0.5, 0.6) is 0 Å². The smallest absolute Gasteiger partial charge is 0.416 e. The van der Waals surface area contributed by atoms with Crippen LogP contribution in [0.3, 0.4) is 0 Å². The van der Waals surface area contributed by atoms with Crippen molar-refractivity contribution < 1.29 is 41.0 Å². The molecule has 31 heavy (non-hydrogen) atoms. The van der Waals surface area contributed by atoms with E-state index < -0.39 is 35.9 Å². The lowest BCUT2D eigenvalue weighted by Gasteiger charge is -2.24. The molecule has 0 heterocycles. The number of hydrogen-bond acceptors (Lipinski definition) is 2. The highest BCUT2D eigenvalue weighted by atomic mass is 19.4. The lowest BCUT2D eigenvalue weighted by atomic mass is 9.90. The van der Waals surface area contributed by atoms with Gasteiger partial charge >= 0.3 is 18.3 Å². The van der Waals surface area contributed by atoms with Crippen molar-refractivity contribution in [3.05, 3.63) is 58.7 Å². The molecule has 0 unspecified atom stereocenters. The van der Waals surface area contributed by atoms with Crippen molar-refractivity contribution in [2.24, 2.45) is 0 Å². The molecule has 0 aliphatic rings. The zero-order valence-electron chi connectivity index (χ0n) is 16.6. The lowest BCUT2D eigenvalue weighted by molar-refractivity contribution is -0.138. The molecule has 0 saturated carbocycles. The Hall–Kier alpha value is -3.04. The predicted octanol–water partition coefficient (Wildman–Crippen LogP) is 5.39. The van der Waals surface area contributed by atoms with Gasteiger partial charge in [0.05, 0.1) is 17.5 Å². The summed E-state index contributed by atoms with van der Waals surface area (Å²) in [4.78, 5) is 24.4. The summed E-state index contributed by atoms with van der Waals surface area (Å²) in [6.45, 7) is 2.90. The fraction of sp³-hybridized carbons (Fsp3) is 0.333. The van der Waals surface area contributed by atoms with Gasteiger partial charge in [0.1, 0.15) is 0 Å². The Kier molecular flexibility index (Phi) is 7.03. The van der Waals surface area contributed by atoms with Crippen LogP contribution < -0.4 is 0 Å². The van der Waals surface area contributed by atoms with Gasteiger partial charge in [-0.15, -0.1) is 0 Å². The Morgan fingerprint density at radius 2 is 1.48 bits per heavy atom. The average molecular weight is 447 g/mol. The molecule has 0 bridgehead atoms. The molecule has 0 saturated heterocycles. The number of halogens is 6. The number of alkyl halides is 6. The molecule has 2 aromatic rings. The molecule has 0 fully saturated rings. The van der Waals surface area contributed by atoms with Gasteiger partial charge in [-0.25, -0.2) is 0 Å². The molecule has 0 aliphatic heterocycles. The fourth-order valence-electron chi connectivity index (χ4n) is 3.14. The number of nitrogens with zero attached hydrogens (tertiary/aromatic N) is 1. The monoisotopic (exact) mass is 447 g/mol. The zero-order chi connectivity index (χ0) is 23.6. The highest BCUT2D eigenvalue weighted by molar-refractivity contribution is 5.77. The minimum absolute atomic E-state index is 0.0420. The molecule has 168 valence electrons. The van der Waals surface area contributed by atoms with Crippen LogP contribution in [0.1, 0.15) is 36.1 Å². The fourth-order valence-corrected chi connectivity index (χ4v) is 3.14. The van der Waals surface area contributed by atoms with Crippen LogP contribution in [0.15, 0.2) is 36.4 Å². The molecule has 1 N–H and O–H groups in total. The number of benzene rings is 2. The summed E-state index contributed by atoms with van der Waals surface area (Å²) in [5, 5.41) is 9.19. The third-order valence-corrected chi connectivity index (χ3v) is 4.71. The average Bonchev–Trinajstić information content (AvgIpc) is 2.64. The maximum Gasteiger partial charge on any atom is 0.416 e. The minimum Gasteiger partial charge on any atom is -0.481 e. The van der Waals surface area contributed by atoms with Gasteiger partial charge in [0.2, 0.25) is 5.91 Å². The van der Waals surface area contributed by atoms with Crippen LogP contribution in [0.25, 0.3) is 11.1 Å². The number of carbonyl (C=O) groups excluding carboxylic acids is 1. The van der Waals surface area contributed by atoms with E-state index in [-0.39, 0.29) is 41.3 Å². The summed E-state index contributed by atoms with van der Waals surface area (Å²) in [5.74, 6) is -1.77. The number of rotatable bonds is 6. The molecule has 0 radical (unpaired) electrons. The van der Waals surface area contributed by atoms with Gasteiger partial charge in [-0.1, -0.05) is 12.1 Å². The number of hydrogen-bond donors (Lipinski definition) is 1. The summed E-state index contributed by atoms with van der Waals surface area (Å²) < 4.78 is 79.0. The molecule has 10 heteroatoms. The highest BCUT2D eigenvalue weighted by Crippen LogP contribution is 2.38. The standard InChI is InChI=1S/C21H19F6NO3/c1-3-28(12(2)29)11-18-14(9-19(30)31)8-16(21(25,26)27)10-17(18)13-4-6-15(7-5-13)20(22,23)24/h4-8,10H,3,9,11H2,1-2H3,(H,30,31). The van der Waals surface area contributed by atoms with E-state index >= 15 is 0 Å². The molecule has 0 spiro atoms. The second-order valence-electron chi connectivity index (χ2n) is 6.84. The number of amides is 1.